The monoisotopic (exact) mass is 405 g/mol. The van der Waals surface area contributed by atoms with Crippen LogP contribution in [-0.2, 0) is 11.2 Å². The molecule has 0 bridgehead atoms. The number of alkyl carbamates (subject to hydrolysis) is 1. The quantitative estimate of drug-likeness (QED) is 0.512. The van der Waals surface area contributed by atoms with E-state index in [-0.39, 0.29) is 12.1 Å². The van der Waals surface area contributed by atoms with Crippen LogP contribution < -0.4 is 10.6 Å². The maximum absolute atomic E-state index is 12.1. The van der Waals surface area contributed by atoms with E-state index in [0.29, 0.717) is 5.92 Å². The molecule has 0 spiro atoms. The van der Waals surface area contributed by atoms with Crippen LogP contribution in [0.25, 0.3) is 0 Å². The van der Waals surface area contributed by atoms with Crippen molar-refractivity contribution >= 4 is 12.1 Å². The van der Waals surface area contributed by atoms with Gasteiger partial charge in [0, 0.05) is 45.6 Å². The lowest BCUT2D eigenvalue weighted by Crippen LogP contribution is -2.45. The second-order valence-corrected chi connectivity index (χ2v) is 8.73. The van der Waals surface area contributed by atoms with Crippen LogP contribution in [0.1, 0.15) is 52.2 Å². The fourth-order valence-corrected chi connectivity index (χ4v) is 2.95. The molecule has 0 saturated heterocycles. The predicted molar refractivity (Wildman–Crippen MR) is 119 cm³/mol. The third-order valence-electron chi connectivity index (χ3n) is 4.67. The van der Waals surface area contributed by atoms with Crippen molar-refractivity contribution in [2.24, 2.45) is 10.9 Å². The van der Waals surface area contributed by atoms with Crippen LogP contribution in [0.5, 0.6) is 0 Å². The van der Waals surface area contributed by atoms with Gasteiger partial charge in [0.25, 0.3) is 0 Å². The van der Waals surface area contributed by atoms with E-state index >= 15 is 0 Å². The highest BCUT2D eigenvalue weighted by Crippen LogP contribution is 2.11. The maximum Gasteiger partial charge on any atom is 0.407 e. The summed E-state index contributed by atoms with van der Waals surface area (Å²) in [5.74, 6) is 1.15. The average Bonchev–Trinajstić information content (AvgIpc) is 2.61. The van der Waals surface area contributed by atoms with Crippen LogP contribution in [0, 0.1) is 12.8 Å². The van der Waals surface area contributed by atoms with Gasteiger partial charge in [-0.2, -0.15) is 0 Å². The number of rotatable bonds is 8. The number of hydrogen-bond acceptors (Lipinski definition) is 4. The van der Waals surface area contributed by atoms with Gasteiger partial charge < -0.3 is 20.3 Å². The lowest BCUT2D eigenvalue weighted by molar-refractivity contribution is 0.0486. The molecule has 0 aliphatic heterocycles. The van der Waals surface area contributed by atoms with Crippen molar-refractivity contribution in [2.75, 3.05) is 27.2 Å². The van der Waals surface area contributed by atoms with Crippen LogP contribution in [0.2, 0.25) is 0 Å². The molecule has 1 unspecified atom stereocenters. The summed E-state index contributed by atoms with van der Waals surface area (Å²) in [6, 6.07) is 2.09. The van der Waals surface area contributed by atoms with Crippen molar-refractivity contribution in [2.45, 2.75) is 66.0 Å². The molecule has 7 nitrogen and oxygen atoms in total. The van der Waals surface area contributed by atoms with E-state index in [9.17, 15) is 4.79 Å². The Morgan fingerprint density at radius 3 is 2.59 bits per heavy atom. The van der Waals surface area contributed by atoms with Crippen LogP contribution in [-0.4, -0.2) is 60.8 Å². The Balaban J connectivity index is 2.52. The summed E-state index contributed by atoms with van der Waals surface area (Å²) in [6.07, 6.45) is 5.06. The molecular formula is C22H39N5O2. The molecule has 1 aromatic heterocycles. The topological polar surface area (TPSA) is 78.9 Å². The molecule has 0 radical (unpaired) electrons. The fraction of sp³-hybridized carbons (Fsp3) is 0.682. The molecule has 1 heterocycles. The van der Waals surface area contributed by atoms with Crippen molar-refractivity contribution < 1.29 is 9.53 Å². The molecule has 0 fully saturated rings. The maximum atomic E-state index is 12.1. The molecule has 2 N–H and O–H groups in total. The average molecular weight is 406 g/mol. The molecule has 0 saturated carbocycles. The van der Waals surface area contributed by atoms with Gasteiger partial charge in [0.05, 0.1) is 0 Å². The first kappa shape index (κ1) is 24.7. The summed E-state index contributed by atoms with van der Waals surface area (Å²) < 4.78 is 5.39. The Morgan fingerprint density at radius 2 is 2.03 bits per heavy atom. The van der Waals surface area contributed by atoms with E-state index in [2.05, 4.69) is 52.3 Å². The molecule has 1 rings (SSSR count). The number of guanidine groups is 1. The van der Waals surface area contributed by atoms with Gasteiger partial charge in [-0.05, 0) is 63.6 Å². The SMILES string of the molecule is CN=C(NCCc1ccncc1C)N(C)CCC(NC(=O)OC(C)(C)C)C(C)C. The second kappa shape index (κ2) is 11.6. The van der Waals surface area contributed by atoms with E-state index in [1.54, 1.807) is 7.05 Å². The number of aliphatic imine (C=N–C) groups is 1. The minimum Gasteiger partial charge on any atom is -0.444 e. The number of carbonyl (C=O) groups excluding carboxylic acids is 1. The Morgan fingerprint density at radius 1 is 1.34 bits per heavy atom. The largest absolute Gasteiger partial charge is 0.444 e. The number of hydrogen-bond donors (Lipinski definition) is 2. The number of nitrogens with one attached hydrogen (secondary N) is 2. The molecule has 0 aromatic carbocycles. The highest BCUT2D eigenvalue weighted by Gasteiger charge is 2.22. The lowest BCUT2D eigenvalue weighted by Gasteiger charge is -2.28. The smallest absolute Gasteiger partial charge is 0.407 e. The fourth-order valence-electron chi connectivity index (χ4n) is 2.95. The third kappa shape index (κ3) is 9.63. The minimum atomic E-state index is -0.498. The first-order valence-corrected chi connectivity index (χ1v) is 10.3. The summed E-state index contributed by atoms with van der Waals surface area (Å²) in [7, 11) is 3.80. The van der Waals surface area contributed by atoms with Gasteiger partial charge in [0.1, 0.15) is 5.60 Å². The molecule has 0 aliphatic carbocycles. The molecule has 1 atom stereocenters. The zero-order valence-corrected chi connectivity index (χ0v) is 19.4. The third-order valence-corrected chi connectivity index (χ3v) is 4.67. The van der Waals surface area contributed by atoms with Crippen molar-refractivity contribution in [3.8, 4) is 0 Å². The van der Waals surface area contributed by atoms with Gasteiger partial charge in [-0.3, -0.25) is 9.98 Å². The number of pyridine rings is 1. The van der Waals surface area contributed by atoms with E-state index < -0.39 is 5.60 Å². The lowest BCUT2D eigenvalue weighted by atomic mass is 10.0. The van der Waals surface area contributed by atoms with Crippen molar-refractivity contribution in [1.29, 1.82) is 0 Å². The summed E-state index contributed by atoms with van der Waals surface area (Å²) in [5.41, 5.74) is 1.99. The molecule has 7 heteroatoms. The Kier molecular flexibility index (Phi) is 9.92. The first-order valence-electron chi connectivity index (χ1n) is 10.3. The molecule has 1 aromatic rings. The molecular weight excluding hydrogens is 366 g/mol. The molecule has 29 heavy (non-hydrogen) atoms. The molecule has 0 aliphatic rings. The van der Waals surface area contributed by atoms with Gasteiger partial charge in [-0.1, -0.05) is 13.8 Å². The summed E-state index contributed by atoms with van der Waals surface area (Å²) in [4.78, 5) is 22.7. The second-order valence-electron chi connectivity index (χ2n) is 8.73. The zero-order valence-electron chi connectivity index (χ0n) is 19.4. The number of amides is 1. The Hall–Kier alpha value is -2.31. The number of ether oxygens (including phenoxy) is 1. The van der Waals surface area contributed by atoms with Crippen molar-refractivity contribution in [3.05, 3.63) is 29.6 Å². The van der Waals surface area contributed by atoms with E-state index in [1.807, 2.05) is 40.2 Å². The Bertz CT molecular complexity index is 667. The van der Waals surface area contributed by atoms with E-state index in [0.717, 1.165) is 31.9 Å². The van der Waals surface area contributed by atoms with Crippen LogP contribution in [0.4, 0.5) is 4.79 Å². The van der Waals surface area contributed by atoms with Crippen molar-refractivity contribution in [1.82, 2.24) is 20.5 Å². The first-order chi connectivity index (χ1) is 13.5. The van der Waals surface area contributed by atoms with Gasteiger partial charge in [-0.15, -0.1) is 0 Å². The van der Waals surface area contributed by atoms with Gasteiger partial charge in [0.2, 0.25) is 0 Å². The highest BCUT2D eigenvalue weighted by atomic mass is 16.6. The summed E-state index contributed by atoms with van der Waals surface area (Å²) in [6.45, 7) is 13.5. The van der Waals surface area contributed by atoms with Gasteiger partial charge >= 0.3 is 6.09 Å². The summed E-state index contributed by atoms with van der Waals surface area (Å²) >= 11 is 0. The normalized spacial score (nSPS) is 13.2. The van der Waals surface area contributed by atoms with Gasteiger partial charge in [0.15, 0.2) is 5.96 Å². The van der Waals surface area contributed by atoms with Crippen LogP contribution >= 0.6 is 0 Å². The Labute approximate surface area is 176 Å². The zero-order chi connectivity index (χ0) is 22.0. The number of aryl methyl sites for hydroxylation is 1. The van der Waals surface area contributed by atoms with Gasteiger partial charge in [-0.25, -0.2) is 4.79 Å². The number of carbonyl (C=O) groups is 1. The van der Waals surface area contributed by atoms with Crippen molar-refractivity contribution in [3.63, 3.8) is 0 Å². The van der Waals surface area contributed by atoms with Crippen LogP contribution in [0.15, 0.2) is 23.5 Å². The standard InChI is InChI=1S/C22H39N5O2/c1-16(2)19(26-21(28)29-22(4,5)6)11-14-27(8)20(23-7)25-13-10-18-9-12-24-15-17(18)3/h9,12,15-16,19H,10-11,13-14H2,1-8H3,(H,23,25)(H,26,28). The van der Waals surface area contributed by atoms with E-state index in [1.165, 1.54) is 11.1 Å². The van der Waals surface area contributed by atoms with Crippen LogP contribution in [0.3, 0.4) is 0 Å². The highest BCUT2D eigenvalue weighted by molar-refractivity contribution is 5.79. The minimum absolute atomic E-state index is 0.0323. The molecule has 1 amide bonds. The molecule has 164 valence electrons. The predicted octanol–water partition coefficient (Wildman–Crippen LogP) is 3.38. The number of nitrogens with zero attached hydrogens (tertiary/aromatic N) is 3. The summed E-state index contributed by atoms with van der Waals surface area (Å²) in [5, 5.41) is 6.42. The number of aromatic nitrogens is 1. The van der Waals surface area contributed by atoms with E-state index in [4.69, 9.17) is 4.74 Å².